The summed E-state index contributed by atoms with van der Waals surface area (Å²) in [7, 11) is 4.31. The van der Waals surface area contributed by atoms with E-state index in [1.54, 1.807) is 0 Å². The van der Waals surface area contributed by atoms with Crippen molar-refractivity contribution >= 4 is 0 Å². The minimum atomic E-state index is 0.979. The molecular weight excluding hydrogens is 184 g/mol. The van der Waals surface area contributed by atoms with Crippen LogP contribution < -0.4 is 5.32 Å². The van der Waals surface area contributed by atoms with E-state index in [4.69, 9.17) is 0 Å². The second-order valence-corrected chi connectivity index (χ2v) is 5.08. The van der Waals surface area contributed by atoms with Crippen LogP contribution in [-0.4, -0.2) is 38.6 Å². The largest absolute Gasteiger partial charge is 0.320 e. The van der Waals surface area contributed by atoms with Crippen molar-refractivity contribution in [2.75, 3.05) is 33.7 Å². The van der Waals surface area contributed by atoms with E-state index in [0.29, 0.717) is 0 Å². The Hall–Kier alpha value is -0.0800. The summed E-state index contributed by atoms with van der Waals surface area (Å²) in [4.78, 5) is 2.52. The molecule has 90 valence electrons. The van der Waals surface area contributed by atoms with Crippen molar-refractivity contribution in [3.8, 4) is 0 Å². The van der Waals surface area contributed by atoms with Gasteiger partial charge in [-0.2, -0.15) is 0 Å². The van der Waals surface area contributed by atoms with Gasteiger partial charge in [-0.3, -0.25) is 0 Å². The average molecular weight is 212 g/mol. The Labute approximate surface area is 95.4 Å². The Morgan fingerprint density at radius 2 is 1.80 bits per heavy atom. The SMILES string of the molecule is CNCCCN(C)CC1CCCCCC1. The van der Waals surface area contributed by atoms with Gasteiger partial charge in [0.1, 0.15) is 0 Å². The second-order valence-electron chi connectivity index (χ2n) is 5.08. The lowest BCUT2D eigenvalue weighted by Gasteiger charge is -2.22. The summed E-state index contributed by atoms with van der Waals surface area (Å²) in [6.07, 6.45) is 10.1. The van der Waals surface area contributed by atoms with Crippen LogP contribution in [0.25, 0.3) is 0 Å². The van der Waals surface area contributed by atoms with Gasteiger partial charge < -0.3 is 10.2 Å². The van der Waals surface area contributed by atoms with Crippen LogP contribution >= 0.6 is 0 Å². The Kier molecular flexibility index (Phi) is 7.03. The zero-order chi connectivity index (χ0) is 10.9. The minimum Gasteiger partial charge on any atom is -0.320 e. The van der Waals surface area contributed by atoms with Crippen LogP contribution in [0.1, 0.15) is 44.9 Å². The monoisotopic (exact) mass is 212 g/mol. The van der Waals surface area contributed by atoms with E-state index in [1.165, 1.54) is 58.0 Å². The van der Waals surface area contributed by atoms with Gasteiger partial charge in [0.2, 0.25) is 0 Å². The Bertz CT molecular complexity index is 139. The average Bonchev–Trinajstić information content (AvgIpc) is 2.47. The maximum Gasteiger partial charge on any atom is 0.000661 e. The zero-order valence-corrected chi connectivity index (χ0v) is 10.6. The van der Waals surface area contributed by atoms with Crippen LogP contribution in [0.4, 0.5) is 0 Å². The first-order valence-corrected chi connectivity index (χ1v) is 6.66. The van der Waals surface area contributed by atoms with Gasteiger partial charge in [-0.05, 0) is 52.4 Å². The molecule has 0 radical (unpaired) electrons. The fourth-order valence-corrected chi connectivity index (χ4v) is 2.60. The van der Waals surface area contributed by atoms with Gasteiger partial charge in [0.05, 0.1) is 0 Å². The number of hydrogen-bond donors (Lipinski definition) is 1. The number of rotatable bonds is 6. The Morgan fingerprint density at radius 3 is 2.40 bits per heavy atom. The van der Waals surface area contributed by atoms with E-state index < -0.39 is 0 Å². The van der Waals surface area contributed by atoms with E-state index >= 15 is 0 Å². The molecule has 0 bridgehead atoms. The molecule has 0 aromatic rings. The third-order valence-electron chi connectivity index (χ3n) is 3.51. The van der Waals surface area contributed by atoms with Gasteiger partial charge in [0.15, 0.2) is 0 Å². The molecule has 1 fully saturated rings. The van der Waals surface area contributed by atoms with Crippen LogP contribution in [0.15, 0.2) is 0 Å². The van der Waals surface area contributed by atoms with E-state index in [2.05, 4.69) is 17.3 Å². The van der Waals surface area contributed by atoms with Crippen molar-refractivity contribution in [2.45, 2.75) is 44.9 Å². The highest BCUT2D eigenvalue weighted by atomic mass is 15.1. The summed E-state index contributed by atoms with van der Waals surface area (Å²) >= 11 is 0. The molecule has 0 aromatic heterocycles. The van der Waals surface area contributed by atoms with E-state index in [9.17, 15) is 0 Å². The highest BCUT2D eigenvalue weighted by molar-refractivity contribution is 4.68. The van der Waals surface area contributed by atoms with E-state index in [-0.39, 0.29) is 0 Å². The molecule has 1 rings (SSSR count). The van der Waals surface area contributed by atoms with Crippen molar-refractivity contribution in [3.63, 3.8) is 0 Å². The lowest BCUT2D eigenvalue weighted by molar-refractivity contribution is 0.257. The lowest BCUT2D eigenvalue weighted by atomic mass is 10.00. The fraction of sp³-hybridized carbons (Fsp3) is 1.00. The molecule has 2 nitrogen and oxygen atoms in total. The molecule has 0 atom stereocenters. The number of nitrogens with one attached hydrogen (secondary N) is 1. The second kappa shape index (κ2) is 8.12. The van der Waals surface area contributed by atoms with Crippen LogP contribution in [0.3, 0.4) is 0 Å². The van der Waals surface area contributed by atoms with Crippen molar-refractivity contribution < 1.29 is 0 Å². The zero-order valence-electron chi connectivity index (χ0n) is 10.6. The smallest absolute Gasteiger partial charge is 0.000661 e. The first-order chi connectivity index (χ1) is 7.33. The Morgan fingerprint density at radius 1 is 1.13 bits per heavy atom. The predicted molar refractivity (Wildman–Crippen MR) is 67.2 cm³/mol. The molecule has 1 N–H and O–H groups in total. The summed E-state index contributed by atoms with van der Waals surface area (Å²) < 4.78 is 0. The predicted octanol–water partition coefficient (Wildman–Crippen LogP) is 2.50. The topological polar surface area (TPSA) is 15.3 Å². The molecule has 0 aromatic carbocycles. The van der Waals surface area contributed by atoms with Crippen molar-refractivity contribution in [1.29, 1.82) is 0 Å². The van der Waals surface area contributed by atoms with Gasteiger partial charge in [-0.15, -0.1) is 0 Å². The normalized spacial score (nSPS) is 19.4. The first-order valence-electron chi connectivity index (χ1n) is 6.66. The van der Waals surface area contributed by atoms with Gasteiger partial charge in [0.25, 0.3) is 0 Å². The minimum absolute atomic E-state index is 0.979. The first kappa shape index (κ1) is 13.0. The molecule has 1 aliphatic rings. The molecule has 2 heteroatoms. The highest BCUT2D eigenvalue weighted by Gasteiger charge is 2.13. The van der Waals surface area contributed by atoms with Crippen LogP contribution in [0, 0.1) is 5.92 Å². The highest BCUT2D eigenvalue weighted by Crippen LogP contribution is 2.23. The standard InChI is InChI=1S/C13H28N2/c1-14-10-7-11-15(2)12-13-8-5-3-4-6-9-13/h13-14H,3-12H2,1-2H3. The van der Waals surface area contributed by atoms with Crippen molar-refractivity contribution in [1.82, 2.24) is 10.2 Å². The van der Waals surface area contributed by atoms with Crippen LogP contribution in [0.5, 0.6) is 0 Å². The Balaban J connectivity index is 2.09. The van der Waals surface area contributed by atoms with Crippen molar-refractivity contribution in [3.05, 3.63) is 0 Å². The molecule has 0 spiro atoms. The van der Waals surface area contributed by atoms with E-state index in [1.807, 2.05) is 7.05 Å². The van der Waals surface area contributed by atoms with Crippen molar-refractivity contribution in [2.24, 2.45) is 5.92 Å². The number of hydrogen-bond acceptors (Lipinski definition) is 2. The third-order valence-corrected chi connectivity index (χ3v) is 3.51. The molecule has 0 amide bonds. The van der Waals surface area contributed by atoms with Gasteiger partial charge in [0, 0.05) is 6.54 Å². The number of nitrogens with zero attached hydrogens (tertiary/aromatic N) is 1. The third kappa shape index (κ3) is 6.16. The molecule has 0 aliphatic heterocycles. The summed E-state index contributed by atoms with van der Waals surface area (Å²) in [6.45, 7) is 3.72. The molecule has 0 heterocycles. The van der Waals surface area contributed by atoms with Crippen LogP contribution in [-0.2, 0) is 0 Å². The molecular formula is C13H28N2. The fourth-order valence-electron chi connectivity index (χ4n) is 2.60. The quantitative estimate of drug-likeness (QED) is 0.537. The van der Waals surface area contributed by atoms with Gasteiger partial charge in [-0.1, -0.05) is 25.7 Å². The van der Waals surface area contributed by atoms with Gasteiger partial charge >= 0.3 is 0 Å². The van der Waals surface area contributed by atoms with Gasteiger partial charge in [-0.25, -0.2) is 0 Å². The molecule has 1 saturated carbocycles. The molecule has 0 saturated heterocycles. The summed E-state index contributed by atoms with van der Waals surface area (Å²) in [6, 6.07) is 0. The summed E-state index contributed by atoms with van der Waals surface area (Å²) in [5.41, 5.74) is 0. The van der Waals surface area contributed by atoms with E-state index in [0.717, 1.165) is 12.5 Å². The lowest BCUT2D eigenvalue weighted by Crippen LogP contribution is -2.28. The summed E-state index contributed by atoms with van der Waals surface area (Å²) in [5.74, 6) is 0.979. The maximum atomic E-state index is 3.21. The maximum absolute atomic E-state index is 3.21. The molecule has 1 aliphatic carbocycles. The van der Waals surface area contributed by atoms with Crippen LogP contribution in [0.2, 0.25) is 0 Å². The summed E-state index contributed by atoms with van der Waals surface area (Å²) in [5, 5.41) is 3.21. The molecule has 15 heavy (non-hydrogen) atoms. The molecule has 0 unspecified atom stereocenters.